The zero-order valence-electron chi connectivity index (χ0n) is 21.2. The highest BCUT2D eigenvalue weighted by Crippen LogP contribution is 2.31. The quantitative estimate of drug-likeness (QED) is 0.322. The van der Waals surface area contributed by atoms with E-state index in [2.05, 4.69) is 0 Å². The lowest BCUT2D eigenvalue weighted by Gasteiger charge is -2.40. The molecule has 1 aliphatic rings. The van der Waals surface area contributed by atoms with Crippen molar-refractivity contribution in [1.29, 1.82) is 0 Å². The van der Waals surface area contributed by atoms with Crippen molar-refractivity contribution < 1.29 is 42.9 Å². The van der Waals surface area contributed by atoms with Gasteiger partial charge in [-0.3, -0.25) is 19.2 Å². The molecule has 3 rings (SSSR count). The molecule has 4 atom stereocenters. The molecule has 0 radical (unpaired) electrons. The van der Waals surface area contributed by atoms with E-state index in [4.69, 9.17) is 23.7 Å². The van der Waals surface area contributed by atoms with Gasteiger partial charge in [-0.1, -0.05) is 29.3 Å². The highest BCUT2D eigenvalue weighted by atomic mass is 16.7. The molecule has 0 spiro atoms. The van der Waals surface area contributed by atoms with Crippen molar-refractivity contribution in [3.05, 3.63) is 64.2 Å². The first-order valence-corrected chi connectivity index (χ1v) is 11.5. The number of esters is 3. The first-order valence-electron chi connectivity index (χ1n) is 11.5. The van der Waals surface area contributed by atoms with Gasteiger partial charge < -0.3 is 23.7 Å². The second-order valence-corrected chi connectivity index (χ2v) is 8.76. The average molecular weight is 499 g/mol. The third-order valence-electron chi connectivity index (χ3n) is 5.57. The summed E-state index contributed by atoms with van der Waals surface area (Å²) in [6.07, 6.45) is -4.73. The molecule has 0 amide bonds. The van der Waals surface area contributed by atoms with Gasteiger partial charge in [0.1, 0.15) is 5.75 Å². The molecule has 0 aromatic heterocycles. The van der Waals surface area contributed by atoms with Gasteiger partial charge in [-0.2, -0.15) is 0 Å². The van der Waals surface area contributed by atoms with E-state index in [1.807, 2.05) is 39.0 Å². The van der Waals surface area contributed by atoms with Crippen LogP contribution in [0, 0.1) is 20.8 Å². The topological polar surface area (TPSA) is 114 Å². The molecule has 1 fully saturated rings. The van der Waals surface area contributed by atoms with Crippen molar-refractivity contribution in [3.63, 3.8) is 0 Å². The van der Waals surface area contributed by atoms with E-state index in [1.54, 1.807) is 18.2 Å². The van der Waals surface area contributed by atoms with Gasteiger partial charge in [-0.15, -0.1) is 0 Å². The number of aryl methyl sites for hydroxylation is 3. The summed E-state index contributed by atoms with van der Waals surface area (Å²) in [4.78, 5) is 48.8. The molecule has 9 heteroatoms. The Labute approximate surface area is 209 Å². The minimum absolute atomic E-state index is 0.188. The summed E-state index contributed by atoms with van der Waals surface area (Å²) in [5.41, 5.74) is 3.40. The van der Waals surface area contributed by atoms with Crippen molar-refractivity contribution in [2.24, 2.45) is 0 Å². The molecular weight excluding hydrogens is 468 g/mol. The van der Waals surface area contributed by atoms with Crippen LogP contribution < -0.4 is 4.74 Å². The molecule has 192 valence electrons. The Morgan fingerprint density at radius 1 is 0.750 bits per heavy atom. The number of carbonyl (C=O) groups excluding carboxylic acids is 4. The predicted molar refractivity (Wildman–Crippen MR) is 128 cm³/mol. The monoisotopic (exact) mass is 498 g/mol. The number of benzene rings is 2. The average Bonchev–Trinajstić information content (AvgIpc) is 2.79. The minimum atomic E-state index is -1.27. The fourth-order valence-electron chi connectivity index (χ4n) is 3.98. The van der Waals surface area contributed by atoms with Crippen molar-refractivity contribution >= 4 is 23.7 Å². The zero-order chi connectivity index (χ0) is 26.6. The third kappa shape index (κ3) is 6.48. The van der Waals surface area contributed by atoms with E-state index in [9.17, 15) is 19.2 Å². The van der Waals surface area contributed by atoms with Gasteiger partial charge in [-0.05, 0) is 44.5 Å². The van der Waals surface area contributed by atoms with Crippen LogP contribution in [-0.2, 0) is 33.3 Å². The van der Waals surface area contributed by atoms with Crippen molar-refractivity contribution in [1.82, 2.24) is 0 Å². The molecule has 2 aromatic carbocycles. The summed E-state index contributed by atoms with van der Waals surface area (Å²) in [5.74, 6) is -2.03. The number of rotatable bonds is 7. The van der Waals surface area contributed by atoms with Gasteiger partial charge in [-0.25, -0.2) is 0 Å². The van der Waals surface area contributed by atoms with Crippen LogP contribution in [0.4, 0.5) is 0 Å². The number of ether oxygens (including phenoxy) is 5. The number of hydrogen-bond acceptors (Lipinski definition) is 9. The Hall–Kier alpha value is -3.72. The maximum absolute atomic E-state index is 13.5. The second kappa shape index (κ2) is 11.3. The smallest absolute Gasteiger partial charge is 0.303 e. The fraction of sp³-hybridized carbons (Fsp3) is 0.407. The first kappa shape index (κ1) is 26.9. The molecule has 0 bridgehead atoms. The summed E-state index contributed by atoms with van der Waals surface area (Å²) >= 11 is 0. The highest BCUT2D eigenvalue weighted by Gasteiger charge is 2.48. The molecule has 0 N–H and O–H groups in total. The molecule has 0 aliphatic carbocycles. The summed E-state index contributed by atoms with van der Waals surface area (Å²) in [6, 6.07) is 10.7. The van der Waals surface area contributed by atoms with Crippen LogP contribution in [0.1, 0.15) is 53.4 Å². The van der Waals surface area contributed by atoms with E-state index in [1.165, 1.54) is 20.8 Å². The molecular formula is C27H30O9. The van der Waals surface area contributed by atoms with E-state index in [0.29, 0.717) is 11.1 Å². The lowest BCUT2D eigenvalue weighted by atomic mass is 9.95. The lowest BCUT2D eigenvalue weighted by Crippen LogP contribution is -2.59. The number of ketones is 1. The van der Waals surface area contributed by atoms with Gasteiger partial charge in [0.15, 0.2) is 18.0 Å². The van der Waals surface area contributed by atoms with Crippen LogP contribution in [0.25, 0.3) is 0 Å². The summed E-state index contributed by atoms with van der Waals surface area (Å²) in [5, 5.41) is 0. The van der Waals surface area contributed by atoms with Gasteiger partial charge in [0.2, 0.25) is 12.4 Å². The van der Waals surface area contributed by atoms with E-state index in [-0.39, 0.29) is 18.1 Å². The Morgan fingerprint density at radius 3 is 1.92 bits per heavy atom. The molecule has 36 heavy (non-hydrogen) atoms. The molecule has 1 aliphatic heterocycles. The fourth-order valence-corrected chi connectivity index (χ4v) is 3.98. The van der Waals surface area contributed by atoms with Crippen LogP contribution in [0.3, 0.4) is 0 Å². The van der Waals surface area contributed by atoms with Crippen molar-refractivity contribution in [2.75, 3.05) is 6.61 Å². The van der Waals surface area contributed by atoms with Crippen LogP contribution in [-0.4, -0.2) is 54.9 Å². The standard InChI is InChI=1S/C27H30O9/c1-14-7-9-16(3)20(11-14)24(31)21-12-15(2)8-10-22(21)36-27-26(35-19(6)30)25(34-18(5)29)23(13-32-27)33-17(4)28/h7-12,23,25-27H,13H2,1-6H3/t23-,25+,26-,27+/m1/s1. The molecule has 9 nitrogen and oxygen atoms in total. The van der Waals surface area contributed by atoms with Crippen LogP contribution in [0.15, 0.2) is 36.4 Å². The van der Waals surface area contributed by atoms with E-state index < -0.39 is 42.5 Å². The Bertz CT molecular complexity index is 1170. The van der Waals surface area contributed by atoms with Crippen molar-refractivity contribution in [2.45, 2.75) is 66.1 Å². The Balaban J connectivity index is 1.99. The van der Waals surface area contributed by atoms with Gasteiger partial charge in [0.05, 0.1) is 12.2 Å². The normalized spacial score (nSPS) is 21.3. The van der Waals surface area contributed by atoms with E-state index >= 15 is 0 Å². The Kier molecular flexibility index (Phi) is 8.47. The summed E-state index contributed by atoms with van der Waals surface area (Å²) in [6.45, 7) is 8.97. The lowest BCUT2D eigenvalue weighted by molar-refractivity contribution is -0.259. The van der Waals surface area contributed by atoms with Crippen LogP contribution >= 0.6 is 0 Å². The van der Waals surface area contributed by atoms with Crippen molar-refractivity contribution in [3.8, 4) is 5.75 Å². The maximum atomic E-state index is 13.5. The maximum Gasteiger partial charge on any atom is 0.303 e. The number of carbonyl (C=O) groups is 4. The van der Waals surface area contributed by atoms with Crippen LogP contribution in [0.5, 0.6) is 5.75 Å². The molecule has 0 saturated carbocycles. The zero-order valence-corrected chi connectivity index (χ0v) is 21.2. The Morgan fingerprint density at radius 2 is 1.31 bits per heavy atom. The third-order valence-corrected chi connectivity index (χ3v) is 5.57. The molecule has 0 unspecified atom stereocenters. The molecule has 1 heterocycles. The van der Waals surface area contributed by atoms with Crippen LogP contribution in [0.2, 0.25) is 0 Å². The van der Waals surface area contributed by atoms with E-state index in [0.717, 1.165) is 16.7 Å². The predicted octanol–water partition coefficient (Wildman–Crippen LogP) is 3.37. The van der Waals surface area contributed by atoms with Gasteiger partial charge in [0.25, 0.3) is 0 Å². The minimum Gasteiger partial charge on any atom is -0.460 e. The largest absolute Gasteiger partial charge is 0.460 e. The number of hydrogen-bond donors (Lipinski definition) is 0. The summed E-state index contributed by atoms with van der Waals surface area (Å²) in [7, 11) is 0. The molecule has 1 saturated heterocycles. The highest BCUT2D eigenvalue weighted by molar-refractivity contribution is 6.11. The van der Waals surface area contributed by atoms with Gasteiger partial charge >= 0.3 is 17.9 Å². The summed E-state index contributed by atoms with van der Waals surface area (Å²) < 4.78 is 27.8. The SMILES string of the molecule is CC(=O)O[C@@H]1[C@@H](OC(C)=O)[C@H](Oc2ccc(C)cc2C(=O)c2cc(C)ccc2C)OC[C@H]1OC(C)=O. The molecule has 2 aromatic rings. The second-order valence-electron chi connectivity index (χ2n) is 8.76. The first-order chi connectivity index (χ1) is 17.0. The van der Waals surface area contributed by atoms with Gasteiger partial charge in [0, 0.05) is 26.3 Å².